The van der Waals surface area contributed by atoms with Gasteiger partial charge in [-0.3, -0.25) is 0 Å². The molecule has 2 aromatic rings. The molecule has 1 aliphatic heterocycles. The van der Waals surface area contributed by atoms with Crippen LogP contribution in [0.5, 0.6) is 0 Å². The molecular formula is C13H15N3S3. The smallest absolute Gasteiger partial charge is 0.146 e. The summed E-state index contributed by atoms with van der Waals surface area (Å²) in [5, 5.41) is 1.57. The van der Waals surface area contributed by atoms with E-state index >= 15 is 0 Å². The maximum Gasteiger partial charge on any atom is 0.146 e. The lowest BCUT2D eigenvalue weighted by atomic mass is 10.2. The standard InChI is InChI=1S/C13H15N3S3/c14-11-10-7-2-1-3-8(7)19-13(10)16-12(15-11)9-6-17-4-5-18-9/h9H,1-6H2,(H2,14,15,16). The SMILES string of the molecule is Nc1nc(C2CSCCS2)nc2sc3c(c12)CCC3. The molecule has 0 saturated carbocycles. The largest absolute Gasteiger partial charge is 0.383 e. The molecule has 2 aromatic heterocycles. The molecule has 0 bridgehead atoms. The Balaban J connectivity index is 1.82. The van der Waals surface area contributed by atoms with Gasteiger partial charge in [-0.05, 0) is 24.8 Å². The quantitative estimate of drug-likeness (QED) is 0.876. The van der Waals surface area contributed by atoms with Crippen molar-refractivity contribution in [1.29, 1.82) is 0 Å². The number of thiophene rings is 1. The molecule has 1 fully saturated rings. The van der Waals surface area contributed by atoms with Crippen LogP contribution < -0.4 is 5.73 Å². The fraction of sp³-hybridized carbons (Fsp3) is 0.538. The Labute approximate surface area is 124 Å². The molecule has 1 atom stereocenters. The van der Waals surface area contributed by atoms with Crippen LogP contribution in [0.2, 0.25) is 0 Å². The summed E-state index contributed by atoms with van der Waals surface area (Å²) in [6.07, 6.45) is 3.60. The van der Waals surface area contributed by atoms with E-state index in [-0.39, 0.29) is 0 Å². The fourth-order valence-corrected chi connectivity index (χ4v) is 6.70. The van der Waals surface area contributed by atoms with E-state index in [0.29, 0.717) is 11.1 Å². The highest BCUT2D eigenvalue weighted by Crippen LogP contribution is 2.41. The van der Waals surface area contributed by atoms with Gasteiger partial charge in [-0.25, -0.2) is 9.97 Å². The maximum absolute atomic E-state index is 6.22. The van der Waals surface area contributed by atoms with Crippen LogP contribution in [0.15, 0.2) is 0 Å². The van der Waals surface area contributed by atoms with Crippen LogP contribution in [0.3, 0.4) is 0 Å². The highest BCUT2D eigenvalue weighted by molar-refractivity contribution is 8.06. The molecule has 1 aliphatic carbocycles. The predicted octanol–water partition coefficient (Wildman–Crippen LogP) is 3.28. The lowest BCUT2D eigenvalue weighted by Crippen LogP contribution is -2.11. The van der Waals surface area contributed by atoms with Crippen LogP contribution in [0.1, 0.15) is 27.9 Å². The van der Waals surface area contributed by atoms with Crippen molar-refractivity contribution in [2.24, 2.45) is 0 Å². The van der Waals surface area contributed by atoms with Crippen molar-refractivity contribution in [3.8, 4) is 0 Å². The lowest BCUT2D eigenvalue weighted by molar-refractivity contribution is 0.915. The van der Waals surface area contributed by atoms with Crippen LogP contribution in [0.4, 0.5) is 5.82 Å². The maximum atomic E-state index is 6.22. The van der Waals surface area contributed by atoms with Gasteiger partial charge in [0.2, 0.25) is 0 Å². The number of rotatable bonds is 1. The zero-order chi connectivity index (χ0) is 12.8. The van der Waals surface area contributed by atoms with Crippen LogP contribution in [0, 0.1) is 0 Å². The van der Waals surface area contributed by atoms with Gasteiger partial charge in [-0.1, -0.05) is 0 Å². The van der Waals surface area contributed by atoms with Crippen molar-refractivity contribution in [2.75, 3.05) is 23.0 Å². The topological polar surface area (TPSA) is 51.8 Å². The average Bonchev–Trinajstić information content (AvgIpc) is 2.99. The van der Waals surface area contributed by atoms with Crippen LogP contribution >= 0.6 is 34.9 Å². The summed E-state index contributed by atoms with van der Waals surface area (Å²) in [6.45, 7) is 0. The molecule has 4 rings (SSSR count). The second-order valence-corrected chi connectivity index (χ2v) is 8.48. The van der Waals surface area contributed by atoms with Crippen molar-refractivity contribution in [1.82, 2.24) is 9.97 Å². The molecule has 100 valence electrons. The molecule has 6 heteroatoms. The number of fused-ring (bicyclic) bond motifs is 3. The molecule has 0 spiro atoms. The minimum atomic E-state index is 0.419. The first kappa shape index (κ1) is 12.3. The number of aryl methyl sites for hydroxylation is 2. The minimum Gasteiger partial charge on any atom is -0.383 e. The van der Waals surface area contributed by atoms with E-state index in [4.69, 9.17) is 10.7 Å². The highest BCUT2D eigenvalue weighted by Gasteiger charge is 2.24. The van der Waals surface area contributed by atoms with Gasteiger partial charge in [0.1, 0.15) is 16.5 Å². The normalized spacial score (nSPS) is 22.8. The first-order valence-corrected chi connectivity index (χ1v) is 9.62. The van der Waals surface area contributed by atoms with Gasteiger partial charge in [0.15, 0.2) is 0 Å². The number of nitrogens with two attached hydrogens (primary N) is 1. The Morgan fingerprint density at radius 1 is 1.16 bits per heavy atom. The third kappa shape index (κ3) is 2.04. The Hall–Kier alpha value is -0.460. The van der Waals surface area contributed by atoms with Crippen molar-refractivity contribution in [2.45, 2.75) is 24.5 Å². The van der Waals surface area contributed by atoms with E-state index < -0.39 is 0 Å². The molecule has 0 amide bonds. The van der Waals surface area contributed by atoms with Crippen LogP contribution in [-0.2, 0) is 12.8 Å². The minimum absolute atomic E-state index is 0.419. The van der Waals surface area contributed by atoms with Gasteiger partial charge in [0.25, 0.3) is 0 Å². The van der Waals surface area contributed by atoms with Crippen LogP contribution in [0.25, 0.3) is 10.2 Å². The van der Waals surface area contributed by atoms with Crippen LogP contribution in [-0.4, -0.2) is 27.2 Å². The summed E-state index contributed by atoms with van der Waals surface area (Å²) in [5.74, 6) is 5.20. The number of anilines is 1. The molecule has 2 aliphatic rings. The molecule has 0 aromatic carbocycles. The lowest BCUT2D eigenvalue weighted by Gasteiger charge is -2.19. The number of hydrogen-bond donors (Lipinski definition) is 1. The van der Waals surface area contributed by atoms with E-state index in [9.17, 15) is 0 Å². The summed E-state index contributed by atoms with van der Waals surface area (Å²) < 4.78 is 0. The second kappa shape index (κ2) is 4.82. The molecule has 0 radical (unpaired) electrons. The van der Waals surface area contributed by atoms with Gasteiger partial charge in [0, 0.05) is 22.1 Å². The van der Waals surface area contributed by atoms with Gasteiger partial charge in [-0.15, -0.1) is 23.1 Å². The van der Waals surface area contributed by atoms with Gasteiger partial charge in [0.05, 0.1) is 10.6 Å². The molecule has 3 nitrogen and oxygen atoms in total. The molecule has 1 saturated heterocycles. The van der Waals surface area contributed by atoms with Crippen molar-refractivity contribution in [3.05, 3.63) is 16.3 Å². The Morgan fingerprint density at radius 2 is 2.11 bits per heavy atom. The summed E-state index contributed by atoms with van der Waals surface area (Å²) in [5.41, 5.74) is 7.65. The third-order valence-corrected chi connectivity index (χ3v) is 7.65. The Morgan fingerprint density at radius 3 is 2.95 bits per heavy atom. The van der Waals surface area contributed by atoms with E-state index in [1.54, 1.807) is 0 Å². The monoisotopic (exact) mass is 309 g/mol. The zero-order valence-corrected chi connectivity index (χ0v) is 13.0. The molecule has 19 heavy (non-hydrogen) atoms. The second-order valence-electron chi connectivity index (χ2n) is 4.94. The third-order valence-electron chi connectivity index (χ3n) is 3.71. The van der Waals surface area contributed by atoms with Crippen molar-refractivity contribution >= 4 is 50.9 Å². The zero-order valence-electron chi connectivity index (χ0n) is 10.5. The number of nitrogen functional groups attached to an aromatic ring is 1. The van der Waals surface area contributed by atoms with Gasteiger partial charge < -0.3 is 5.73 Å². The first-order valence-electron chi connectivity index (χ1n) is 6.60. The number of aromatic nitrogens is 2. The van der Waals surface area contributed by atoms with Gasteiger partial charge in [-0.2, -0.15) is 11.8 Å². The predicted molar refractivity (Wildman–Crippen MR) is 86.4 cm³/mol. The van der Waals surface area contributed by atoms with E-state index in [2.05, 4.69) is 4.98 Å². The highest BCUT2D eigenvalue weighted by atomic mass is 32.2. The van der Waals surface area contributed by atoms with Crippen molar-refractivity contribution in [3.63, 3.8) is 0 Å². The number of nitrogens with zero attached hydrogens (tertiary/aromatic N) is 2. The summed E-state index contributed by atoms with van der Waals surface area (Å²) >= 11 is 5.79. The fourth-order valence-electron chi connectivity index (χ4n) is 2.82. The molecular weight excluding hydrogens is 294 g/mol. The van der Waals surface area contributed by atoms with E-state index in [0.717, 1.165) is 28.2 Å². The average molecular weight is 309 g/mol. The number of hydrogen-bond acceptors (Lipinski definition) is 6. The Bertz CT molecular complexity index is 632. The molecule has 2 N–H and O–H groups in total. The number of thioether (sulfide) groups is 2. The molecule has 1 unspecified atom stereocenters. The summed E-state index contributed by atoms with van der Waals surface area (Å²) in [4.78, 5) is 12.0. The van der Waals surface area contributed by atoms with Crippen molar-refractivity contribution < 1.29 is 0 Å². The van der Waals surface area contributed by atoms with E-state index in [1.807, 2.05) is 34.9 Å². The Kier molecular flexibility index (Phi) is 3.12. The van der Waals surface area contributed by atoms with E-state index in [1.165, 1.54) is 34.8 Å². The summed E-state index contributed by atoms with van der Waals surface area (Å²) in [7, 11) is 0. The first-order chi connectivity index (χ1) is 9.33. The van der Waals surface area contributed by atoms with Gasteiger partial charge >= 0.3 is 0 Å². The summed E-state index contributed by atoms with van der Waals surface area (Å²) in [6, 6.07) is 0. The molecule has 3 heterocycles.